The zero-order valence-electron chi connectivity index (χ0n) is 13.4. The van der Waals surface area contributed by atoms with E-state index in [0.717, 1.165) is 27.9 Å². The number of amides is 1. The Labute approximate surface area is 159 Å². The Morgan fingerprint density at radius 1 is 1.15 bits per heavy atom. The van der Waals surface area contributed by atoms with Crippen LogP contribution in [0.3, 0.4) is 0 Å². The topological polar surface area (TPSA) is 75.1 Å². The zero-order valence-corrected chi connectivity index (χ0v) is 14.9. The van der Waals surface area contributed by atoms with Gasteiger partial charge in [-0.2, -0.15) is 0 Å². The highest BCUT2D eigenvalue weighted by Gasteiger charge is 2.27. The van der Waals surface area contributed by atoms with Gasteiger partial charge in [0.2, 0.25) is 5.95 Å². The Hall–Kier alpha value is -2.63. The van der Waals surface area contributed by atoms with E-state index in [1.165, 1.54) is 0 Å². The van der Waals surface area contributed by atoms with Gasteiger partial charge >= 0.3 is 6.09 Å². The van der Waals surface area contributed by atoms with Crippen LogP contribution in [0.25, 0.3) is 11.3 Å². The van der Waals surface area contributed by atoms with Crippen LogP contribution in [0.2, 0.25) is 10.0 Å². The molecule has 2 aromatic carbocycles. The van der Waals surface area contributed by atoms with Crippen molar-refractivity contribution in [1.29, 1.82) is 0 Å². The molecule has 26 heavy (non-hydrogen) atoms. The molecule has 1 atom stereocenters. The van der Waals surface area contributed by atoms with Crippen molar-refractivity contribution >= 4 is 35.2 Å². The van der Waals surface area contributed by atoms with E-state index < -0.39 is 6.09 Å². The van der Waals surface area contributed by atoms with Crippen LogP contribution in [0.15, 0.2) is 48.7 Å². The molecule has 4 rings (SSSR count). The van der Waals surface area contributed by atoms with Crippen LogP contribution in [0.5, 0.6) is 0 Å². The minimum Gasteiger partial charge on any atom is -0.465 e. The number of hydrogen-bond acceptors (Lipinski definition) is 3. The smallest absolute Gasteiger partial charge is 0.411 e. The molecular formula is C19H13Cl2N3O2. The number of hydrogen-bond donors (Lipinski definition) is 2. The molecule has 7 heteroatoms. The molecule has 5 nitrogen and oxygen atoms in total. The van der Waals surface area contributed by atoms with Gasteiger partial charge in [-0.05, 0) is 35.2 Å². The molecule has 1 amide bonds. The summed E-state index contributed by atoms with van der Waals surface area (Å²) in [4.78, 5) is 19.4. The van der Waals surface area contributed by atoms with E-state index in [0.29, 0.717) is 16.5 Å². The monoisotopic (exact) mass is 385 g/mol. The first kappa shape index (κ1) is 16.8. The first-order chi connectivity index (χ1) is 12.5. The Kier molecular flexibility index (Phi) is 4.26. The standard InChI is InChI=1S/C19H13Cl2N3O2/c20-15-6-5-10(8-16(15)21)14-7-11-9-22-18(24-19(25)26)23-17(11)13-4-2-1-3-12(13)14/h1-6,8-9,14H,7H2,(H,25,26)(H,22,23,24). The summed E-state index contributed by atoms with van der Waals surface area (Å²) in [5.74, 6) is 0.161. The highest BCUT2D eigenvalue weighted by Crippen LogP contribution is 2.42. The van der Waals surface area contributed by atoms with Gasteiger partial charge in [-0.25, -0.2) is 14.8 Å². The van der Waals surface area contributed by atoms with Crippen molar-refractivity contribution in [3.8, 4) is 11.3 Å². The lowest BCUT2D eigenvalue weighted by Gasteiger charge is -2.27. The molecule has 0 saturated carbocycles. The van der Waals surface area contributed by atoms with E-state index in [1.54, 1.807) is 12.3 Å². The number of nitrogens with one attached hydrogen (secondary N) is 1. The van der Waals surface area contributed by atoms with E-state index >= 15 is 0 Å². The lowest BCUT2D eigenvalue weighted by molar-refractivity contribution is 0.209. The van der Waals surface area contributed by atoms with Crippen LogP contribution < -0.4 is 5.32 Å². The van der Waals surface area contributed by atoms with Gasteiger partial charge in [-0.1, -0.05) is 53.5 Å². The maximum Gasteiger partial charge on any atom is 0.411 e. The van der Waals surface area contributed by atoms with Crippen molar-refractivity contribution in [2.45, 2.75) is 12.3 Å². The largest absolute Gasteiger partial charge is 0.465 e. The maximum absolute atomic E-state index is 10.9. The highest BCUT2D eigenvalue weighted by atomic mass is 35.5. The number of nitrogens with zero attached hydrogens (tertiary/aromatic N) is 2. The van der Waals surface area contributed by atoms with Gasteiger partial charge in [0.25, 0.3) is 0 Å². The van der Waals surface area contributed by atoms with Crippen molar-refractivity contribution in [1.82, 2.24) is 9.97 Å². The predicted octanol–water partition coefficient (Wildman–Crippen LogP) is 5.23. The summed E-state index contributed by atoms with van der Waals surface area (Å²) in [6.45, 7) is 0. The number of fused-ring (bicyclic) bond motifs is 3. The van der Waals surface area contributed by atoms with Crippen LogP contribution in [0.4, 0.5) is 10.7 Å². The van der Waals surface area contributed by atoms with Crippen LogP contribution in [0, 0.1) is 0 Å². The molecule has 130 valence electrons. The van der Waals surface area contributed by atoms with Crippen LogP contribution >= 0.6 is 23.2 Å². The average Bonchev–Trinajstić information content (AvgIpc) is 2.63. The van der Waals surface area contributed by atoms with Crippen molar-refractivity contribution < 1.29 is 9.90 Å². The number of anilines is 1. The molecule has 0 fully saturated rings. The molecule has 1 aliphatic rings. The quantitative estimate of drug-likeness (QED) is 0.633. The van der Waals surface area contributed by atoms with Gasteiger partial charge in [0.05, 0.1) is 15.7 Å². The van der Waals surface area contributed by atoms with Crippen molar-refractivity contribution in [3.63, 3.8) is 0 Å². The molecule has 1 unspecified atom stereocenters. The summed E-state index contributed by atoms with van der Waals surface area (Å²) >= 11 is 12.3. The van der Waals surface area contributed by atoms with Gasteiger partial charge in [-0.3, -0.25) is 5.32 Å². The molecule has 0 radical (unpaired) electrons. The summed E-state index contributed by atoms with van der Waals surface area (Å²) in [7, 11) is 0. The Morgan fingerprint density at radius 2 is 1.96 bits per heavy atom. The molecule has 3 aromatic rings. The van der Waals surface area contributed by atoms with Gasteiger partial charge in [0, 0.05) is 17.7 Å². The minimum atomic E-state index is -1.19. The number of rotatable bonds is 2. The highest BCUT2D eigenvalue weighted by molar-refractivity contribution is 6.42. The molecule has 0 spiro atoms. The predicted molar refractivity (Wildman–Crippen MR) is 101 cm³/mol. The average molecular weight is 386 g/mol. The minimum absolute atomic E-state index is 0.0686. The third-order valence-corrected chi connectivity index (χ3v) is 5.18. The summed E-state index contributed by atoms with van der Waals surface area (Å²) in [6, 6.07) is 13.6. The molecule has 0 saturated heterocycles. The van der Waals surface area contributed by atoms with Gasteiger partial charge in [0.15, 0.2) is 0 Å². The van der Waals surface area contributed by atoms with Crippen molar-refractivity contribution in [2.75, 3.05) is 5.32 Å². The third-order valence-electron chi connectivity index (χ3n) is 4.44. The fourth-order valence-corrected chi connectivity index (χ4v) is 3.62. The second-order valence-corrected chi connectivity index (χ2v) is 6.83. The van der Waals surface area contributed by atoms with Crippen molar-refractivity contribution in [3.05, 3.63) is 75.4 Å². The van der Waals surface area contributed by atoms with Crippen LogP contribution in [0.1, 0.15) is 22.6 Å². The van der Waals surface area contributed by atoms with Crippen LogP contribution in [-0.2, 0) is 6.42 Å². The van der Waals surface area contributed by atoms with E-state index in [9.17, 15) is 4.79 Å². The Bertz CT molecular complexity index is 1020. The summed E-state index contributed by atoms with van der Waals surface area (Å²) in [5, 5.41) is 12.1. The van der Waals surface area contributed by atoms with Crippen LogP contribution in [-0.4, -0.2) is 21.2 Å². The molecule has 1 heterocycles. The lowest BCUT2D eigenvalue weighted by Crippen LogP contribution is -2.16. The normalized spacial score (nSPS) is 15.1. The summed E-state index contributed by atoms with van der Waals surface area (Å²) in [6.07, 6.45) is 1.17. The fraction of sp³-hybridized carbons (Fsp3) is 0.105. The molecule has 2 N–H and O–H groups in total. The molecule has 1 aromatic heterocycles. The molecule has 0 aliphatic heterocycles. The molecule has 1 aliphatic carbocycles. The van der Waals surface area contributed by atoms with E-state index in [4.69, 9.17) is 28.3 Å². The second-order valence-electron chi connectivity index (χ2n) is 6.02. The number of carbonyl (C=O) groups is 1. The summed E-state index contributed by atoms with van der Waals surface area (Å²) in [5.41, 5.74) is 4.83. The Balaban J connectivity index is 1.83. The first-order valence-corrected chi connectivity index (χ1v) is 8.68. The van der Waals surface area contributed by atoms with Crippen molar-refractivity contribution in [2.24, 2.45) is 0 Å². The molecular weight excluding hydrogens is 373 g/mol. The van der Waals surface area contributed by atoms with E-state index in [-0.39, 0.29) is 11.9 Å². The number of carboxylic acid groups (broad SMARTS) is 1. The lowest BCUT2D eigenvalue weighted by atomic mass is 9.78. The third kappa shape index (κ3) is 3.00. The fourth-order valence-electron chi connectivity index (χ4n) is 3.32. The van der Waals surface area contributed by atoms with Gasteiger partial charge in [-0.15, -0.1) is 0 Å². The zero-order chi connectivity index (χ0) is 18.3. The van der Waals surface area contributed by atoms with Gasteiger partial charge in [0.1, 0.15) is 0 Å². The summed E-state index contributed by atoms with van der Waals surface area (Å²) < 4.78 is 0. The Morgan fingerprint density at radius 3 is 2.73 bits per heavy atom. The molecule has 0 bridgehead atoms. The van der Waals surface area contributed by atoms with Gasteiger partial charge < -0.3 is 5.11 Å². The number of benzene rings is 2. The first-order valence-electron chi connectivity index (χ1n) is 7.93. The maximum atomic E-state index is 10.9. The van der Waals surface area contributed by atoms with E-state index in [1.807, 2.05) is 30.3 Å². The SMILES string of the molecule is O=C(O)Nc1ncc2c(n1)-c1ccccc1C(c1ccc(Cl)c(Cl)c1)C2. The van der Waals surface area contributed by atoms with E-state index in [2.05, 4.69) is 21.4 Å². The number of halogens is 2. The second kappa shape index (κ2) is 6.59. The number of aromatic nitrogens is 2.